The molecule has 0 fully saturated rings. The van der Waals surface area contributed by atoms with E-state index in [2.05, 4.69) is 20.6 Å². The maximum Gasteiger partial charge on any atom is 0.237 e. The molecule has 0 aliphatic rings. The van der Waals surface area contributed by atoms with Crippen LogP contribution in [0.3, 0.4) is 0 Å². The Kier molecular flexibility index (Phi) is 4.60. The molecule has 4 rings (SSSR count). The first-order chi connectivity index (χ1) is 14.3. The van der Waals surface area contributed by atoms with Gasteiger partial charge in [0, 0.05) is 0 Å². The van der Waals surface area contributed by atoms with E-state index in [1.54, 1.807) is 37.3 Å². The highest BCUT2D eigenvalue weighted by Gasteiger charge is 2.29. The Morgan fingerprint density at radius 3 is 2.07 bits per heavy atom. The number of rotatable bonds is 4. The molecule has 7 nitrogen and oxygen atoms in total. The lowest BCUT2D eigenvalue weighted by Gasteiger charge is -2.06. The van der Waals surface area contributed by atoms with Crippen LogP contribution in [0, 0.1) is 36.0 Å². The van der Waals surface area contributed by atoms with Crippen LogP contribution in [0.25, 0.3) is 11.4 Å². The molecule has 0 atom stereocenters. The molecule has 0 unspecified atom stereocenters. The van der Waals surface area contributed by atoms with E-state index in [0.717, 1.165) is 6.20 Å². The zero-order valence-corrected chi connectivity index (χ0v) is 14.9. The molecule has 0 saturated heterocycles. The van der Waals surface area contributed by atoms with Gasteiger partial charge in [0.15, 0.2) is 34.7 Å². The second-order valence-electron chi connectivity index (χ2n) is 6.07. The van der Waals surface area contributed by atoms with Crippen LogP contribution < -0.4 is 0 Å². The molecule has 0 spiro atoms. The van der Waals surface area contributed by atoms with Crippen molar-refractivity contribution in [1.29, 1.82) is 0 Å². The van der Waals surface area contributed by atoms with Crippen LogP contribution in [-0.2, 0) is 0 Å². The van der Waals surface area contributed by atoms with Crippen LogP contribution in [0.15, 0.2) is 36.5 Å². The maximum absolute atomic E-state index is 14.0. The van der Waals surface area contributed by atoms with Crippen molar-refractivity contribution in [3.05, 3.63) is 82.7 Å². The number of carbonyl (C=O) groups excluding carboxylic acids is 1. The number of para-hydroxylation sites is 1. The summed E-state index contributed by atoms with van der Waals surface area (Å²) >= 11 is 0. The topological polar surface area (TPSA) is 78.5 Å². The van der Waals surface area contributed by atoms with Crippen LogP contribution in [-0.4, -0.2) is 35.8 Å². The zero-order valence-electron chi connectivity index (χ0n) is 14.9. The summed E-state index contributed by atoms with van der Waals surface area (Å²) in [5.74, 6) is -11.6. The standard InChI is InChI=1S/C18H9F5N6O/c1-8-16(25-27-29(8)9-5-3-2-4-6-9)18(30)10-7-28(26-24-10)17-14(22)12(20)11(19)13(21)15(17)23/h2-7H,1H3. The predicted octanol–water partition coefficient (Wildman–Crippen LogP) is 3.08. The van der Waals surface area contributed by atoms with Gasteiger partial charge in [-0.2, -0.15) is 0 Å². The van der Waals surface area contributed by atoms with Gasteiger partial charge in [0.2, 0.25) is 11.6 Å². The lowest BCUT2D eigenvalue weighted by Crippen LogP contribution is -2.10. The van der Waals surface area contributed by atoms with Gasteiger partial charge >= 0.3 is 0 Å². The van der Waals surface area contributed by atoms with Crippen molar-refractivity contribution < 1.29 is 26.7 Å². The summed E-state index contributed by atoms with van der Waals surface area (Å²) < 4.78 is 69.7. The third-order valence-electron chi connectivity index (χ3n) is 4.25. The Morgan fingerprint density at radius 1 is 0.833 bits per heavy atom. The van der Waals surface area contributed by atoms with E-state index < -0.39 is 46.3 Å². The smallest absolute Gasteiger partial charge is 0.237 e. The van der Waals surface area contributed by atoms with Crippen LogP contribution in [0.1, 0.15) is 21.9 Å². The van der Waals surface area contributed by atoms with Gasteiger partial charge in [-0.05, 0) is 19.1 Å². The molecule has 0 radical (unpaired) electrons. The molecule has 2 aromatic heterocycles. The Hall–Kier alpha value is -3.96. The van der Waals surface area contributed by atoms with Crippen LogP contribution in [0.5, 0.6) is 0 Å². The first-order valence-corrected chi connectivity index (χ1v) is 8.27. The number of ketones is 1. The number of benzene rings is 2. The van der Waals surface area contributed by atoms with E-state index in [0.29, 0.717) is 16.1 Å². The molecule has 2 aromatic carbocycles. The predicted molar refractivity (Wildman–Crippen MR) is 90.7 cm³/mol. The summed E-state index contributed by atoms with van der Waals surface area (Å²) in [4.78, 5) is 12.7. The van der Waals surface area contributed by atoms with E-state index in [9.17, 15) is 26.7 Å². The Labute approximate surface area is 164 Å². The minimum atomic E-state index is -2.31. The number of carbonyl (C=O) groups is 1. The quantitative estimate of drug-likeness (QED) is 0.220. The van der Waals surface area contributed by atoms with Gasteiger partial charge in [0.1, 0.15) is 5.69 Å². The minimum Gasteiger partial charge on any atom is -0.285 e. The number of hydrogen-bond acceptors (Lipinski definition) is 5. The van der Waals surface area contributed by atoms with Crippen LogP contribution >= 0.6 is 0 Å². The fraction of sp³-hybridized carbons (Fsp3) is 0.0556. The Bertz CT molecular complexity index is 1250. The first-order valence-electron chi connectivity index (χ1n) is 8.27. The summed E-state index contributed by atoms with van der Waals surface area (Å²) in [7, 11) is 0. The number of hydrogen-bond donors (Lipinski definition) is 0. The fourth-order valence-electron chi connectivity index (χ4n) is 2.75. The third-order valence-corrected chi connectivity index (χ3v) is 4.25. The molecule has 0 bridgehead atoms. The van der Waals surface area contributed by atoms with Crippen molar-refractivity contribution in [2.75, 3.05) is 0 Å². The lowest BCUT2D eigenvalue weighted by molar-refractivity contribution is 0.102. The van der Waals surface area contributed by atoms with Crippen LogP contribution in [0.4, 0.5) is 22.0 Å². The number of aromatic nitrogens is 6. The second kappa shape index (κ2) is 7.13. The van der Waals surface area contributed by atoms with Gasteiger partial charge in [-0.1, -0.05) is 28.6 Å². The number of nitrogens with zero attached hydrogens (tertiary/aromatic N) is 6. The highest BCUT2D eigenvalue weighted by atomic mass is 19.2. The SMILES string of the molecule is Cc1c(C(=O)c2cn(-c3c(F)c(F)c(F)c(F)c3F)nn2)nnn1-c1ccccc1. The molecule has 0 N–H and O–H groups in total. The largest absolute Gasteiger partial charge is 0.285 e. The van der Waals surface area contributed by atoms with E-state index in [4.69, 9.17) is 0 Å². The van der Waals surface area contributed by atoms with Gasteiger partial charge in [-0.3, -0.25) is 4.79 Å². The molecule has 0 aliphatic carbocycles. The normalized spacial score (nSPS) is 11.1. The molecule has 2 heterocycles. The summed E-state index contributed by atoms with van der Waals surface area (Å²) in [6, 6.07) is 8.77. The summed E-state index contributed by atoms with van der Waals surface area (Å²) in [6.07, 6.45) is 0.738. The van der Waals surface area contributed by atoms with E-state index in [1.165, 1.54) is 4.68 Å². The van der Waals surface area contributed by atoms with Gasteiger partial charge < -0.3 is 0 Å². The van der Waals surface area contributed by atoms with Gasteiger partial charge in [-0.15, -0.1) is 10.2 Å². The zero-order chi connectivity index (χ0) is 21.6. The Balaban J connectivity index is 1.73. The van der Waals surface area contributed by atoms with Crippen molar-refractivity contribution >= 4 is 5.78 Å². The highest BCUT2D eigenvalue weighted by Crippen LogP contribution is 2.26. The molecule has 152 valence electrons. The highest BCUT2D eigenvalue weighted by molar-refractivity contribution is 6.06. The molecule has 0 aliphatic heterocycles. The third kappa shape index (κ3) is 2.93. The maximum atomic E-state index is 14.0. The van der Waals surface area contributed by atoms with E-state index in [1.807, 2.05) is 0 Å². The van der Waals surface area contributed by atoms with Crippen molar-refractivity contribution in [2.24, 2.45) is 0 Å². The van der Waals surface area contributed by atoms with E-state index in [-0.39, 0.29) is 5.69 Å². The summed E-state index contributed by atoms with van der Waals surface area (Å²) in [5.41, 5.74) is -0.934. The Morgan fingerprint density at radius 2 is 1.43 bits per heavy atom. The molecular formula is C18H9F5N6O. The fourth-order valence-corrected chi connectivity index (χ4v) is 2.75. The first kappa shape index (κ1) is 19.4. The average Bonchev–Trinajstić information content (AvgIpc) is 3.38. The molecular weight excluding hydrogens is 411 g/mol. The molecule has 30 heavy (non-hydrogen) atoms. The van der Waals surface area contributed by atoms with Crippen molar-refractivity contribution in [2.45, 2.75) is 6.92 Å². The van der Waals surface area contributed by atoms with Crippen LogP contribution in [0.2, 0.25) is 0 Å². The van der Waals surface area contributed by atoms with Crippen molar-refractivity contribution in [3.8, 4) is 11.4 Å². The number of halogens is 5. The monoisotopic (exact) mass is 420 g/mol. The summed E-state index contributed by atoms with van der Waals surface area (Å²) in [6.45, 7) is 1.56. The van der Waals surface area contributed by atoms with Gasteiger partial charge in [0.25, 0.3) is 0 Å². The van der Waals surface area contributed by atoms with Crippen molar-refractivity contribution in [1.82, 2.24) is 30.0 Å². The van der Waals surface area contributed by atoms with Gasteiger partial charge in [-0.25, -0.2) is 31.3 Å². The average molecular weight is 420 g/mol. The molecule has 0 saturated carbocycles. The van der Waals surface area contributed by atoms with Gasteiger partial charge in [0.05, 0.1) is 17.6 Å². The summed E-state index contributed by atoms with van der Waals surface area (Å²) in [5, 5.41) is 14.5. The van der Waals surface area contributed by atoms with E-state index >= 15 is 0 Å². The minimum absolute atomic E-state index is 0.122. The second-order valence-corrected chi connectivity index (χ2v) is 6.07. The van der Waals surface area contributed by atoms with Crippen molar-refractivity contribution in [3.63, 3.8) is 0 Å². The molecule has 4 aromatic rings. The molecule has 0 amide bonds. The lowest BCUT2D eigenvalue weighted by atomic mass is 10.2. The molecule has 12 heteroatoms.